The Hall–Kier alpha value is -0.870. The number of ether oxygens (including phenoxy) is 1. The van der Waals surface area contributed by atoms with Crippen molar-refractivity contribution in [3.05, 3.63) is 18.0 Å². The monoisotopic (exact) mass is 237 g/mol. The van der Waals surface area contributed by atoms with E-state index in [2.05, 4.69) is 30.3 Å². The molecule has 1 aromatic heterocycles. The molecule has 1 aliphatic rings. The van der Waals surface area contributed by atoms with Crippen LogP contribution in [0.5, 0.6) is 0 Å². The molecule has 1 fully saturated rings. The minimum Gasteiger partial charge on any atom is -0.378 e. The summed E-state index contributed by atoms with van der Waals surface area (Å²) < 4.78 is 7.61. The van der Waals surface area contributed by atoms with Crippen molar-refractivity contribution in [2.75, 3.05) is 6.61 Å². The second-order valence-electron chi connectivity index (χ2n) is 5.24. The molecular weight excluding hydrogens is 214 g/mol. The van der Waals surface area contributed by atoms with Gasteiger partial charge in [0.1, 0.15) is 0 Å². The maximum Gasteiger partial charge on any atom is 0.0762 e. The fourth-order valence-electron chi connectivity index (χ4n) is 2.28. The highest BCUT2D eigenvalue weighted by Gasteiger charge is 2.24. The van der Waals surface area contributed by atoms with E-state index in [0.29, 0.717) is 18.1 Å². The topological polar surface area (TPSA) is 39.1 Å². The van der Waals surface area contributed by atoms with E-state index < -0.39 is 0 Å². The van der Waals surface area contributed by atoms with E-state index in [-0.39, 0.29) is 0 Å². The molecule has 2 heterocycles. The van der Waals surface area contributed by atoms with Gasteiger partial charge < -0.3 is 10.1 Å². The van der Waals surface area contributed by atoms with E-state index in [9.17, 15) is 0 Å². The lowest BCUT2D eigenvalue weighted by Gasteiger charge is -2.32. The van der Waals surface area contributed by atoms with E-state index in [0.717, 1.165) is 31.7 Å². The van der Waals surface area contributed by atoms with Gasteiger partial charge in [-0.25, -0.2) is 0 Å². The maximum absolute atomic E-state index is 5.77. The summed E-state index contributed by atoms with van der Waals surface area (Å²) in [5.41, 5.74) is 1.11. The number of hydrogen-bond donors (Lipinski definition) is 1. The van der Waals surface area contributed by atoms with Gasteiger partial charge in [0.2, 0.25) is 0 Å². The molecule has 2 rings (SSSR count). The molecule has 2 unspecified atom stereocenters. The Morgan fingerprint density at radius 2 is 2.41 bits per heavy atom. The van der Waals surface area contributed by atoms with Crippen molar-refractivity contribution in [1.29, 1.82) is 0 Å². The molecule has 4 heteroatoms. The van der Waals surface area contributed by atoms with Crippen LogP contribution in [-0.2, 0) is 18.3 Å². The second kappa shape index (κ2) is 5.65. The van der Waals surface area contributed by atoms with Crippen molar-refractivity contribution >= 4 is 0 Å². The van der Waals surface area contributed by atoms with Crippen LogP contribution < -0.4 is 5.32 Å². The molecule has 0 bridgehead atoms. The van der Waals surface area contributed by atoms with Gasteiger partial charge in [-0.05, 0) is 24.8 Å². The maximum atomic E-state index is 5.77. The van der Waals surface area contributed by atoms with Crippen molar-refractivity contribution < 1.29 is 4.74 Å². The van der Waals surface area contributed by atoms with Crippen LogP contribution in [-0.4, -0.2) is 28.5 Å². The summed E-state index contributed by atoms with van der Waals surface area (Å²) in [6.45, 7) is 6.19. The molecule has 1 saturated heterocycles. The third kappa shape index (κ3) is 3.54. The Balaban J connectivity index is 1.79. The van der Waals surface area contributed by atoms with E-state index >= 15 is 0 Å². The van der Waals surface area contributed by atoms with Gasteiger partial charge in [-0.15, -0.1) is 0 Å². The van der Waals surface area contributed by atoms with Crippen LogP contribution >= 0.6 is 0 Å². The molecule has 1 N–H and O–H groups in total. The Morgan fingerprint density at radius 1 is 1.59 bits per heavy atom. The minimum atomic E-state index is 0.407. The molecule has 0 amide bonds. The van der Waals surface area contributed by atoms with Gasteiger partial charge in [-0.3, -0.25) is 4.68 Å². The molecule has 0 saturated carbocycles. The quantitative estimate of drug-likeness (QED) is 0.866. The molecule has 0 spiro atoms. The predicted octanol–water partition coefficient (Wildman–Crippen LogP) is 1.71. The molecular formula is C13H23N3O. The summed E-state index contributed by atoms with van der Waals surface area (Å²) in [5.74, 6) is 0.606. The molecule has 0 radical (unpaired) electrons. The van der Waals surface area contributed by atoms with Gasteiger partial charge in [0.15, 0.2) is 0 Å². The highest BCUT2D eigenvalue weighted by Crippen LogP contribution is 2.20. The van der Waals surface area contributed by atoms with E-state index in [1.54, 1.807) is 0 Å². The van der Waals surface area contributed by atoms with E-state index in [1.165, 1.54) is 0 Å². The van der Waals surface area contributed by atoms with E-state index in [1.807, 2.05) is 17.9 Å². The number of nitrogens with one attached hydrogen (secondary N) is 1. The SMILES string of the molecule is CC(C)C1CC(NCc2ccn(C)n2)CCO1. The highest BCUT2D eigenvalue weighted by molar-refractivity contribution is 4.98. The first-order valence-electron chi connectivity index (χ1n) is 6.48. The Morgan fingerprint density at radius 3 is 3.06 bits per heavy atom. The zero-order valence-electron chi connectivity index (χ0n) is 11.0. The average Bonchev–Trinajstić information content (AvgIpc) is 2.73. The van der Waals surface area contributed by atoms with Crippen molar-refractivity contribution in [2.45, 2.75) is 45.4 Å². The van der Waals surface area contributed by atoms with Crippen LogP contribution in [0.2, 0.25) is 0 Å². The Kier molecular flexibility index (Phi) is 4.18. The highest BCUT2D eigenvalue weighted by atomic mass is 16.5. The summed E-state index contributed by atoms with van der Waals surface area (Å²) in [6.07, 6.45) is 4.61. The molecule has 17 heavy (non-hydrogen) atoms. The van der Waals surface area contributed by atoms with Crippen molar-refractivity contribution in [3.63, 3.8) is 0 Å². The summed E-state index contributed by atoms with van der Waals surface area (Å²) >= 11 is 0. The van der Waals surface area contributed by atoms with Gasteiger partial charge in [-0.1, -0.05) is 13.8 Å². The fraction of sp³-hybridized carbons (Fsp3) is 0.769. The van der Waals surface area contributed by atoms with Crippen LogP contribution in [0.4, 0.5) is 0 Å². The molecule has 2 atom stereocenters. The van der Waals surface area contributed by atoms with Gasteiger partial charge in [-0.2, -0.15) is 5.10 Å². The van der Waals surface area contributed by atoms with E-state index in [4.69, 9.17) is 4.74 Å². The summed E-state index contributed by atoms with van der Waals surface area (Å²) in [7, 11) is 1.95. The van der Waals surface area contributed by atoms with Crippen molar-refractivity contribution in [2.24, 2.45) is 13.0 Å². The molecule has 0 aromatic carbocycles. The average molecular weight is 237 g/mol. The standard InChI is InChI=1S/C13H23N3O/c1-10(2)13-8-11(5-7-17-13)14-9-12-4-6-16(3)15-12/h4,6,10-11,13-14H,5,7-9H2,1-3H3. The van der Waals surface area contributed by atoms with Crippen LogP contribution in [0.15, 0.2) is 12.3 Å². The zero-order valence-corrected chi connectivity index (χ0v) is 11.0. The molecule has 96 valence electrons. The van der Waals surface area contributed by atoms with Crippen molar-refractivity contribution in [3.8, 4) is 0 Å². The third-order valence-electron chi connectivity index (χ3n) is 3.40. The lowest BCUT2D eigenvalue weighted by atomic mass is 9.95. The van der Waals surface area contributed by atoms with Crippen molar-refractivity contribution in [1.82, 2.24) is 15.1 Å². The van der Waals surface area contributed by atoms with Crippen LogP contribution in [0.25, 0.3) is 0 Å². The van der Waals surface area contributed by atoms with Gasteiger partial charge in [0.25, 0.3) is 0 Å². The Labute approximate surface area is 103 Å². The number of aromatic nitrogens is 2. The third-order valence-corrected chi connectivity index (χ3v) is 3.40. The molecule has 1 aromatic rings. The van der Waals surface area contributed by atoms with Crippen LogP contribution in [0.1, 0.15) is 32.4 Å². The summed E-state index contributed by atoms with van der Waals surface area (Å²) in [4.78, 5) is 0. The molecule has 1 aliphatic heterocycles. The number of hydrogen-bond acceptors (Lipinski definition) is 3. The number of rotatable bonds is 4. The van der Waals surface area contributed by atoms with Gasteiger partial charge >= 0.3 is 0 Å². The predicted molar refractivity (Wildman–Crippen MR) is 67.6 cm³/mol. The normalized spacial score (nSPS) is 25.4. The minimum absolute atomic E-state index is 0.407. The summed E-state index contributed by atoms with van der Waals surface area (Å²) in [5, 5.41) is 7.95. The fourth-order valence-corrected chi connectivity index (χ4v) is 2.28. The first-order valence-corrected chi connectivity index (χ1v) is 6.48. The van der Waals surface area contributed by atoms with Gasteiger partial charge in [0, 0.05) is 32.4 Å². The Bertz CT molecular complexity index is 348. The lowest BCUT2D eigenvalue weighted by molar-refractivity contribution is -0.0246. The number of aryl methyl sites for hydroxylation is 1. The smallest absolute Gasteiger partial charge is 0.0762 e. The lowest BCUT2D eigenvalue weighted by Crippen LogP contribution is -2.40. The zero-order chi connectivity index (χ0) is 12.3. The largest absolute Gasteiger partial charge is 0.378 e. The van der Waals surface area contributed by atoms with Crippen LogP contribution in [0.3, 0.4) is 0 Å². The van der Waals surface area contributed by atoms with Gasteiger partial charge in [0.05, 0.1) is 11.8 Å². The second-order valence-corrected chi connectivity index (χ2v) is 5.24. The first kappa shape index (κ1) is 12.6. The summed E-state index contributed by atoms with van der Waals surface area (Å²) in [6, 6.07) is 2.63. The molecule has 4 nitrogen and oxygen atoms in total. The number of nitrogens with zero attached hydrogens (tertiary/aromatic N) is 2. The molecule has 0 aliphatic carbocycles. The van der Waals surface area contributed by atoms with Crippen LogP contribution in [0, 0.1) is 5.92 Å². The first-order chi connectivity index (χ1) is 8.15.